The van der Waals surface area contributed by atoms with Crippen LogP contribution in [0.4, 0.5) is 0 Å². The molecule has 18 aromatic carbocycles. The van der Waals surface area contributed by atoms with E-state index in [1.807, 2.05) is 22.7 Å². The van der Waals surface area contributed by atoms with Gasteiger partial charge in [-0.3, -0.25) is 0 Å². The highest BCUT2D eigenvalue weighted by atomic mass is 32.1. The van der Waals surface area contributed by atoms with Crippen molar-refractivity contribution < 1.29 is 0 Å². The van der Waals surface area contributed by atoms with Crippen LogP contribution in [-0.4, -0.2) is 0 Å². The van der Waals surface area contributed by atoms with Gasteiger partial charge in [0.1, 0.15) is 0 Å². The minimum Gasteiger partial charge on any atom is -0.135 e. The molecule has 0 aliphatic heterocycles. The van der Waals surface area contributed by atoms with E-state index in [4.69, 9.17) is 0 Å². The van der Waals surface area contributed by atoms with Gasteiger partial charge in [-0.1, -0.05) is 334 Å². The van der Waals surface area contributed by atoms with Crippen LogP contribution in [0.3, 0.4) is 0 Å². The average Bonchev–Trinajstić information content (AvgIpc) is 1.11. The Bertz CT molecular complexity index is 6600. The van der Waals surface area contributed by atoms with Crippen molar-refractivity contribution in [2.24, 2.45) is 0 Å². The molecule has 0 nitrogen and oxygen atoms in total. The van der Waals surface area contributed by atoms with Crippen molar-refractivity contribution in [2.75, 3.05) is 0 Å². The lowest BCUT2D eigenvalue weighted by atomic mass is 9.82. The van der Waals surface area contributed by atoms with E-state index in [2.05, 4.69) is 388 Å². The van der Waals surface area contributed by atoms with Crippen LogP contribution in [0.25, 0.3) is 195 Å². The van der Waals surface area contributed by atoms with Gasteiger partial charge in [0.25, 0.3) is 0 Å². The molecule has 2 aromatic heterocycles. The predicted octanol–water partition coefficient (Wildman–Crippen LogP) is 29.4. The third kappa shape index (κ3) is 10.8. The number of benzene rings is 18. The molecule has 0 N–H and O–H groups in total. The Hall–Kier alpha value is -12.6. The Morgan fingerprint density at radius 1 is 0.127 bits per heavy atom. The van der Waals surface area contributed by atoms with Gasteiger partial charge in [-0.15, -0.1) is 22.7 Å². The minimum absolute atomic E-state index is 1.22. The van der Waals surface area contributed by atoms with Crippen molar-refractivity contribution in [1.82, 2.24) is 0 Å². The van der Waals surface area contributed by atoms with Gasteiger partial charge in [-0.2, -0.15) is 0 Å². The summed E-state index contributed by atoms with van der Waals surface area (Å²) in [5.74, 6) is 0. The van der Waals surface area contributed by atoms with Crippen molar-refractivity contribution in [3.63, 3.8) is 0 Å². The van der Waals surface area contributed by atoms with Crippen LogP contribution in [0.2, 0.25) is 0 Å². The second kappa shape index (κ2) is 25.9. The Balaban J connectivity index is 0.000000141. The van der Waals surface area contributed by atoms with E-state index < -0.39 is 0 Å². The first-order valence-corrected chi connectivity index (χ1v) is 36.7. The average molecular weight is 1330 g/mol. The minimum atomic E-state index is 1.22. The smallest absolute Gasteiger partial charge is 0.0361 e. The molecule has 0 radical (unpaired) electrons. The maximum Gasteiger partial charge on any atom is 0.0361 e. The second-order valence-electron chi connectivity index (χ2n) is 26.4. The van der Waals surface area contributed by atoms with Gasteiger partial charge in [-0.05, 0) is 209 Å². The Morgan fingerprint density at radius 3 is 0.824 bits per heavy atom. The summed E-state index contributed by atoms with van der Waals surface area (Å²) in [4.78, 5) is 0. The molecule has 0 atom stereocenters. The Labute approximate surface area is 601 Å². The van der Waals surface area contributed by atoms with Crippen LogP contribution in [0.1, 0.15) is 0 Å². The summed E-state index contributed by atoms with van der Waals surface area (Å²) >= 11 is 3.75. The summed E-state index contributed by atoms with van der Waals surface area (Å²) in [7, 11) is 0. The molecule has 0 saturated carbocycles. The fraction of sp³-hybridized carbons (Fsp3) is 0. The maximum absolute atomic E-state index is 2.46. The van der Waals surface area contributed by atoms with Crippen LogP contribution >= 0.6 is 22.7 Å². The van der Waals surface area contributed by atoms with E-state index in [9.17, 15) is 0 Å². The molecule has 0 fully saturated rings. The molecular formula is C100H64S2. The van der Waals surface area contributed by atoms with Gasteiger partial charge in [0.15, 0.2) is 0 Å². The first-order valence-electron chi connectivity index (χ1n) is 35.0. The zero-order valence-electron chi connectivity index (χ0n) is 55.8. The van der Waals surface area contributed by atoms with Crippen LogP contribution in [0, 0.1) is 0 Å². The van der Waals surface area contributed by atoms with Crippen LogP contribution in [0.5, 0.6) is 0 Å². The lowest BCUT2D eigenvalue weighted by molar-refractivity contribution is 1.60. The lowest BCUT2D eigenvalue weighted by Crippen LogP contribution is -1.94. The van der Waals surface area contributed by atoms with E-state index in [-0.39, 0.29) is 0 Å². The molecule has 102 heavy (non-hydrogen) atoms. The molecule has 2 heterocycles. The molecule has 20 rings (SSSR count). The van der Waals surface area contributed by atoms with Gasteiger partial charge in [0.2, 0.25) is 0 Å². The summed E-state index contributed by atoms with van der Waals surface area (Å²) < 4.78 is 5.29. The predicted molar refractivity (Wildman–Crippen MR) is 443 cm³/mol. The molecule has 20 aromatic rings. The highest BCUT2D eigenvalue weighted by Crippen LogP contribution is 2.51. The number of hydrogen-bond donors (Lipinski definition) is 0. The molecule has 0 unspecified atom stereocenters. The summed E-state index contributed by atoms with van der Waals surface area (Å²) in [6.07, 6.45) is 0. The van der Waals surface area contributed by atoms with Crippen molar-refractivity contribution in [1.29, 1.82) is 0 Å². The standard InChI is InChI=1S/2C50H32S/c1-3-14-33(15-4-1)35-18-11-20-38(30-35)48-41-22-7-8-23-42(41)49(39-21-12-19-36(31-39)34-16-5-2-6-17-34)45-32-37(28-29-43(45)48)40-25-13-27-47-50(40)44-24-9-10-26-46(44)51-47;1-3-15-33(16-4-1)35-19-13-20-37(31-35)48-41-23-9-10-24-42(41)49(40-22-8-7-21-38(40)34-17-5-2-6-18-34)43-30-29-36(32-45(43)48)39-26-14-28-47-50(39)44-25-11-12-27-46(44)51-47/h2*1-32H. The largest absolute Gasteiger partial charge is 0.135 e. The molecule has 0 amide bonds. The van der Waals surface area contributed by atoms with Gasteiger partial charge >= 0.3 is 0 Å². The molecule has 0 aliphatic carbocycles. The summed E-state index contributed by atoms with van der Waals surface area (Å²) in [6.45, 7) is 0. The molecule has 0 saturated heterocycles. The zero-order valence-corrected chi connectivity index (χ0v) is 57.4. The van der Waals surface area contributed by atoms with E-state index in [1.54, 1.807) is 0 Å². The van der Waals surface area contributed by atoms with Crippen LogP contribution in [0.15, 0.2) is 388 Å². The summed E-state index contributed by atoms with van der Waals surface area (Å²) in [5, 5.41) is 15.4. The van der Waals surface area contributed by atoms with E-state index >= 15 is 0 Å². The van der Waals surface area contributed by atoms with Crippen LogP contribution in [-0.2, 0) is 0 Å². The number of hydrogen-bond acceptors (Lipinski definition) is 2. The fourth-order valence-electron chi connectivity index (χ4n) is 16.0. The monoisotopic (exact) mass is 1330 g/mol. The first-order chi connectivity index (χ1) is 50.6. The van der Waals surface area contributed by atoms with Crippen LogP contribution < -0.4 is 0 Å². The van der Waals surface area contributed by atoms with Gasteiger partial charge in [-0.25, -0.2) is 0 Å². The molecular weight excluding hydrogens is 1270 g/mol. The lowest BCUT2D eigenvalue weighted by Gasteiger charge is -2.21. The van der Waals surface area contributed by atoms with Crippen molar-refractivity contribution >= 4 is 106 Å². The van der Waals surface area contributed by atoms with Crippen molar-refractivity contribution in [3.8, 4) is 111 Å². The molecule has 0 bridgehead atoms. The maximum atomic E-state index is 2.46. The van der Waals surface area contributed by atoms with E-state index in [1.165, 1.54) is 195 Å². The molecule has 0 spiro atoms. The Morgan fingerprint density at radius 2 is 0.402 bits per heavy atom. The third-order valence-corrected chi connectivity index (χ3v) is 22.8. The SMILES string of the molecule is c1ccc(-c2cccc(-c3c4ccccc4c(-c4cccc(-c5ccccc5)c4)c4cc(-c5cccc6sc7ccccc7c56)ccc34)c2)cc1.c1ccc(-c2cccc(-c3c4ccccc4c(-c4ccccc4-c4ccccc4)c4ccc(-c5cccc6sc7ccccc7c56)cc34)c2)cc1. The zero-order chi connectivity index (χ0) is 67.5. The second-order valence-corrected chi connectivity index (χ2v) is 28.6. The highest BCUT2D eigenvalue weighted by molar-refractivity contribution is 7.26. The molecule has 476 valence electrons. The van der Waals surface area contributed by atoms with Gasteiger partial charge in [0, 0.05) is 40.3 Å². The Kier molecular flexibility index (Phi) is 15.4. The number of thiophene rings is 2. The summed E-state index contributed by atoms with van der Waals surface area (Å²) in [5.41, 5.74) is 24.8. The normalized spacial score (nSPS) is 11.5. The first kappa shape index (κ1) is 60.6. The number of fused-ring (bicyclic) bond motifs is 10. The third-order valence-electron chi connectivity index (χ3n) is 20.5. The van der Waals surface area contributed by atoms with E-state index in [0.29, 0.717) is 0 Å². The molecule has 0 aliphatic rings. The fourth-order valence-corrected chi connectivity index (χ4v) is 18.2. The van der Waals surface area contributed by atoms with Gasteiger partial charge < -0.3 is 0 Å². The van der Waals surface area contributed by atoms with Gasteiger partial charge in [0.05, 0.1) is 0 Å². The molecule has 2 heteroatoms. The summed E-state index contributed by atoms with van der Waals surface area (Å²) in [6, 6.07) is 142. The van der Waals surface area contributed by atoms with Crippen molar-refractivity contribution in [2.45, 2.75) is 0 Å². The number of rotatable bonds is 10. The highest BCUT2D eigenvalue weighted by Gasteiger charge is 2.23. The van der Waals surface area contributed by atoms with Crippen molar-refractivity contribution in [3.05, 3.63) is 388 Å². The van der Waals surface area contributed by atoms with E-state index in [0.717, 1.165) is 0 Å². The topological polar surface area (TPSA) is 0 Å². The quantitative estimate of drug-likeness (QED) is 0.120.